The molecule has 3 rings (SSSR count). The van der Waals surface area contributed by atoms with E-state index in [0.717, 1.165) is 12.2 Å². The first-order valence-electron chi connectivity index (χ1n) is 7.91. The molecule has 124 valence electrons. The molecule has 2 atom stereocenters. The molecule has 0 radical (unpaired) electrons. The Morgan fingerprint density at radius 2 is 1.67 bits per heavy atom. The number of ether oxygens (including phenoxy) is 2. The van der Waals surface area contributed by atoms with Crippen molar-refractivity contribution < 1.29 is 19.1 Å². The van der Waals surface area contributed by atoms with Crippen LogP contribution in [0, 0.1) is 11.8 Å². The molecule has 0 aromatic heterocycles. The van der Waals surface area contributed by atoms with Gasteiger partial charge in [-0.15, -0.1) is 0 Å². The van der Waals surface area contributed by atoms with Gasteiger partial charge in [0.15, 0.2) is 6.61 Å². The fourth-order valence-electron chi connectivity index (χ4n) is 2.32. The van der Waals surface area contributed by atoms with Crippen LogP contribution in [0.3, 0.4) is 0 Å². The molecule has 1 aliphatic rings. The highest BCUT2D eigenvalue weighted by Gasteiger charge is 2.40. The Morgan fingerprint density at radius 3 is 2.29 bits per heavy atom. The number of carbonyl (C=O) groups excluding carboxylic acids is 2. The predicted octanol–water partition coefficient (Wildman–Crippen LogP) is 3.62. The summed E-state index contributed by atoms with van der Waals surface area (Å²) in [5, 5.41) is 2.69. The normalized spacial score (nSPS) is 18.5. The zero-order valence-electron chi connectivity index (χ0n) is 13.4. The molecular weight excluding hydrogens is 306 g/mol. The lowest BCUT2D eigenvalue weighted by atomic mass is 10.3. The molecule has 0 aliphatic heterocycles. The van der Waals surface area contributed by atoms with E-state index in [2.05, 4.69) is 5.32 Å². The zero-order valence-corrected chi connectivity index (χ0v) is 13.4. The minimum atomic E-state index is -0.353. The molecule has 0 saturated heterocycles. The van der Waals surface area contributed by atoms with Gasteiger partial charge in [0.05, 0.1) is 5.92 Å². The van der Waals surface area contributed by atoms with Crippen LogP contribution >= 0.6 is 0 Å². The van der Waals surface area contributed by atoms with Crippen molar-refractivity contribution >= 4 is 17.6 Å². The van der Waals surface area contributed by atoms with E-state index in [1.54, 1.807) is 24.3 Å². The third-order valence-electron chi connectivity index (χ3n) is 3.87. The standard InChI is InChI=1S/C19H19NO4/c1-13-11-17(13)19(22)23-12-18(21)20-14-7-9-16(10-8-14)24-15-5-3-2-4-6-15/h2-10,13,17H,11-12H2,1H3,(H,20,21)/t13-,17+/m1/s1. The molecule has 0 spiro atoms. The lowest BCUT2D eigenvalue weighted by Crippen LogP contribution is -2.21. The molecule has 5 heteroatoms. The van der Waals surface area contributed by atoms with Crippen LogP contribution in [0.25, 0.3) is 0 Å². The van der Waals surface area contributed by atoms with Crippen LogP contribution in [0.4, 0.5) is 5.69 Å². The number of nitrogens with one attached hydrogen (secondary N) is 1. The maximum absolute atomic E-state index is 11.8. The molecule has 1 N–H and O–H groups in total. The minimum Gasteiger partial charge on any atom is -0.457 e. The van der Waals surface area contributed by atoms with Crippen LogP contribution in [-0.2, 0) is 14.3 Å². The van der Waals surface area contributed by atoms with E-state index in [9.17, 15) is 9.59 Å². The minimum absolute atomic E-state index is 0.0350. The highest BCUT2D eigenvalue weighted by Crippen LogP contribution is 2.38. The maximum atomic E-state index is 11.8. The van der Waals surface area contributed by atoms with E-state index in [4.69, 9.17) is 9.47 Å². The Morgan fingerprint density at radius 1 is 1.04 bits per heavy atom. The zero-order chi connectivity index (χ0) is 16.9. The van der Waals surface area contributed by atoms with Crippen molar-refractivity contribution in [3.63, 3.8) is 0 Å². The van der Waals surface area contributed by atoms with Gasteiger partial charge < -0.3 is 14.8 Å². The molecule has 1 amide bonds. The molecule has 0 unspecified atom stereocenters. The van der Waals surface area contributed by atoms with Gasteiger partial charge in [-0.3, -0.25) is 9.59 Å². The number of benzene rings is 2. The van der Waals surface area contributed by atoms with Crippen LogP contribution in [0.2, 0.25) is 0 Å². The smallest absolute Gasteiger partial charge is 0.309 e. The molecular formula is C19H19NO4. The van der Waals surface area contributed by atoms with E-state index >= 15 is 0 Å². The van der Waals surface area contributed by atoms with Gasteiger partial charge in [-0.05, 0) is 48.7 Å². The van der Waals surface area contributed by atoms with Crippen molar-refractivity contribution in [1.82, 2.24) is 0 Å². The summed E-state index contributed by atoms with van der Waals surface area (Å²) in [6.07, 6.45) is 0.851. The first-order chi connectivity index (χ1) is 11.6. The van der Waals surface area contributed by atoms with Crippen LogP contribution < -0.4 is 10.1 Å². The molecule has 5 nitrogen and oxygen atoms in total. The molecule has 0 heterocycles. The Hall–Kier alpha value is -2.82. The third kappa shape index (κ3) is 4.35. The van der Waals surface area contributed by atoms with Crippen molar-refractivity contribution in [2.24, 2.45) is 11.8 Å². The fourth-order valence-corrected chi connectivity index (χ4v) is 2.32. The number of rotatable bonds is 6. The quantitative estimate of drug-likeness (QED) is 0.824. The lowest BCUT2D eigenvalue weighted by molar-refractivity contribution is -0.148. The van der Waals surface area contributed by atoms with Gasteiger partial charge in [0.1, 0.15) is 11.5 Å². The third-order valence-corrected chi connectivity index (χ3v) is 3.87. The van der Waals surface area contributed by atoms with Crippen molar-refractivity contribution in [3.8, 4) is 11.5 Å². The monoisotopic (exact) mass is 325 g/mol. The summed E-state index contributed by atoms with van der Waals surface area (Å²) in [5.41, 5.74) is 0.622. The molecule has 1 aliphatic carbocycles. The Bertz CT molecular complexity index is 712. The molecule has 0 bridgehead atoms. The Labute approximate surface area is 140 Å². The van der Waals surface area contributed by atoms with E-state index in [0.29, 0.717) is 17.4 Å². The molecule has 1 saturated carbocycles. The van der Waals surface area contributed by atoms with Crippen molar-refractivity contribution in [2.45, 2.75) is 13.3 Å². The second-order valence-electron chi connectivity index (χ2n) is 5.91. The largest absolute Gasteiger partial charge is 0.457 e. The van der Waals surface area contributed by atoms with Gasteiger partial charge in [-0.25, -0.2) is 0 Å². The van der Waals surface area contributed by atoms with Crippen molar-refractivity contribution in [1.29, 1.82) is 0 Å². The number of hydrogen-bond acceptors (Lipinski definition) is 4. The van der Waals surface area contributed by atoms with Gasteiger partial charge in [0.2, 0.25) is 0 Å². The summed E-state index contributed by atoms with van der Waals surface area (Å²) < 4.78 is 10.7. The average Bonchev–Trinajstić information content (AvgIpc) is 3.32. The van der Waals surface area contributed by atoms with Crippen molar-refractivity contribution in [2.75, 3.05) is 11.9 Å². The molecule has 2 aromatic carbocycles. The summed E-state index contributed by atoms with van der Waals surface area (Å²) in [5.74, 6) is 1.12. The number of anilines is 1. The summed E-state index contributed by atoms with van der Waals surface area (Å²) in [6.45, 7) is 1.73. The summed E-state index contributed by atoms with van der Waals surface area (Å²) in [7, 11) is 0. The number of carbonyl (C=O) groups is 2. The second-order valence-corrected chi connectivity index (χ2v) is 5.91. The number of amides is 1. The van der Waals surface area contributed by atoms with Gasteiger partial charge >= 0.3 is 5.97 Å². The van der Waals surface area contributed by atoms with Gasteiger partial charge in [0, 0.05) is 5.69 Å². The Kier molecular flexibility index (Phi) is 4.79. The number of hydrogen-bond donors (Lipinski definition) is 1. The number of para-hydroxylation sites is 1. The number of esters is 1. The molecule has 1 fully saturated rings. The van der Waals surface area contributed by atoms with Gasteiger partial charge in [-0.2, -0.15) is 0 Å². The second kappa shape index (κ2) is 7.17. The summed E-state index contributed by atoms with van der Waals surface area (Å²) in [6, 6.07) is 16.4. The molecule has 24 heavy (non-hydrogen) atoms. The first-order valence-corrected chi connectivity index (χ1v) is 7.91. The topological polar surface area (TPSA) is 64.6 Å². The van der Waals surface area contributed by atoms with E-state index < -0.39 is 0 Å². The van der Waals surface area contributed by atoms with Gasteiger partial charge in [0.25, 0.3) is 5.91 Å². The van der Waals surface area contributed by atoms with E-state index in [1.165, 1.54) is 0 Å². The predicted molar refractivity (Wildman–Crippen MR) is 89.8 cm³/mol. The van der Waals surface area contributed by atoms with Crippen LogP contribution in [0.15, 0.2) is 54.6 Å². The van der Waals surface area contributed by atoms with Crippen LogP contribution in [-0.4, -0.2) is 18.5 Å². The van der Waals surface area contributed by atoms with Gasteiger partial charge in [-0.1, -0.05) is 25.1 Å². The van der Waals surface area contributed by atoms with Crippen LogP contribution in [0.5, 0.6) is 11.5 Å². The Balaban J connectivity index is 1.47. The van der Waals surface area contributed by atoms with Crippen molar-refractivity contribution in [3.05, 3.63) is 54.6 Å². The SMILES string of the molecule is C[C@@H]1C[C@@H]1C(=O)OCC(=O)Nc1ccc(Oc2ccccc2)cc1. The highest BCUT2D eigenvalue weighted by molar-refractivity contribution is 5.93. The molecule has 2 aromatic rings. The highest BCUT2D eigenvalue weighted by atomic mass is 16.5. The van der Waals surface area contributed by atoms with E-state index in [-0.39, 0.29) is 24.4 Å². The van der Waals surface area contributed by atoms with E-state index in [1.807, 2.05) is 37.3 Å². The summed E-state index contributed by atoms with van der Waals surface area (Å²) >= 11 is 0. The summed E-state index contributed by atoms with van der Waals surface area (Å²) in [4.78, 5) is 23.4. The lowest BCUT2D eigenvalue weighted by Gasteiger charge is -2.08. The first kappa shape index (κ1) is 16.1. The van der Waals surface area contributed by atoms with Crippen LogP contribution in [0.1, 0.15) is 13.3 Å². The average molecular weight is 325 g/mol. The maximum Gasteiger partial charge on any atom is 0.309 e. The fraction of sp³-hybridized carbons (Fsp3) is 0.263.